The van der Waals surface area contributed by atoms with Crippen LogP contribution in [0.15, 0.2) is 71.9 Å². The SMILES string of the molecule is CCOC=O.CCc1ccc(C(F)(F)F)cc1-c1ccn(S(=O)(=O)c2ccccc2)c1. The van der Waals surface area contributed by atoms with Crippen molar-refractivity contribution in [3.05, 3.63) is 78.1 Å². The fourth-order valence-corrected chi connectivity index (χ4v) is 4.02. The lowest BCUT2D eigenvalue weighted by Gasteiger charge is -2.12. The predicted octanol–water partition coefficient (Wildman–Crippen LogP) is 5.15. The number of hydrogen-bond acceptors (Lipinski definition) is 4. The number of nitrogens with zero attached hydrogens (tertiary/aromatic N) is 1. The van der Waals surface area contributed by atoms with Crippen molar-refractivity contribution in [3.63, 3.8) is 0 Å². The van der Waals surface area contributed by atoms with Crippen LogP contribution in [0, 0.1) is 0 Å². The number of halogens is 3. The van der Waals surface area contributed by atoms with Gasteiger partial charge in [0.05, 0.1) is 17.1 Å². The lowest BCUT2D eigenvalue weighted by molar-refractivity contribution is -0.137. The van der Waals surface area contributed by atoms with Gasteiger partial charge in [-0.2, -0.15) is 13.2 Å². The molecular formula is C22H22F3NO4S. The van der Waals surface area contributed by atoms with Crippen LogP contribution in [0.5, 0.6) is 0 Å². The maximum absolute atomic E-state index is 13.0. The van der Waals surface area contributed by atoms with Gasteiger partial charge in [0.25, 0.3) is 16.5 Å². The average molecular weight is 453 g/mol. The number of carbonyl (C=O) groups excluding carboxylic acids is 1. The topological polar surface area (TPSA) is 65.4 Å². The van der Waals surface area contributed by atoms with Crippen LogP contribution in [0.3, 0.4) is 0 Å². The van der Waals surface area contributed by atoms with Gasteiger partial charge in [-0.15, -0.1) is 0 Å². The number of rotatable bonds is 6. The first-order valence-electron chi connectivity index (χ1n) is 9.39. The van der Waals surface area contributed by atoms with Crippen LogP contribution in [-0.4, -0.2) is 25.5 Å². The molecule has 0 radical (unpaired) electrons. The molecule has 0 saturated carbocycles. The zero-order chi connectivity index (χ0) is 23.1. The van der Waals surface area contributed by atoms with Gasteiger partial charge < -0.3 is 4.74 Å². The van der Waals surface area contributed by atoms with Crippen molar-refractivity contribution >= 4 is 16.5 Å². The van der Waals surface area contributed by atoms with Crippen LogP contribution in [0.1, 0.15) is 25.0 Å². The summed E-state index contributed by atoms with van der Waals surface area (Å²) in [4.78, 5) is 9.30. The lowest BCUT2D eigenvalue weighted by Crippen LogP contribution is -2.10. The first kappa shape index (κ1) is 24.2. The van der Waals surface area contributed by atoms with Gasteiger partial charge in [-0.25, -0.2) is 12.4 Å². The largest absolute Gasteiger partial charge is 0.468 e. The lowest BCUT2D eigenvalue weighted by atomic mass is 9.97. The summed E-state index contributed by atoms with van der Waals surface area (Å²) in [5.74, 6) is 0. The molecule has 3 aromatic rings. The van der Waals surface area contributed by atoms with Gasteiger partial charge in [-0.3, -0.25) is 4.79 Å². The minimum Gasteiger partial charge on any atom is -0.468 e. The number of carbonyl (C=O) groups is 1. The monoisotopic (exact) mass is 453 g/mol. The molecule has 1 heterocycles. The van der Waals surface area contributed by atoms with Gasteiger partial charge in [-0.1, -0.05) is 31.2 Å². The highest BCUT2D eigenvalue weighted by molar-refractivity contribution is 7.90. The number of ether oxygens (including phenoxy) is 1. The van der Waals surface area contributed by atoms with Crippen molar-refractivity contribution < 1.29 is 31.1 Å². The number of aryl methyl sites for hydroxylation is 1. The normalized spacial score (nSPS) is 11.4. The highest BCUT2D eigenvalue weighted by Crippen LogP contribution is 2.34. The average Bonchev–Trinajstić information content (AvgIpc) is 3.25. The zero-order valence-electron chi connectivity index (χ0n) is 17.0. The first-order chi connectivity index (χ1) is 14.6. The van der Waals surface area contributed by atoms with Crippen LogP contribution < -0.4 is 0 Å². The van der Waals surface area contributed by atoms with Crippen molar-refractivity contribution in [3.8, 4) is 11.1 Å². The molecule has 0 saturated heterocycles. The Morgan fingerprint density at radius 3 is 2.23 bits per heavy atom. The Bertz CT molecular complexity index is 1110. The molecule has 0 aliphatic heterocycles. The Morgan fingerprint density at radius 2 is 1.71 bits per heavy atom. The predicted molar refractivity (Wildman–Crippen MR) is 111 cm³/mol. The Balaban J connectivity index is 0.000000614. The van der Waals surface area contributed by atoms with Crippen LogP contribution in [0.25, 0.3) is 11.1 Å². The summed E-state index contributed by atoms with van der Waals surface area (Å²) in [5, 5.41) is 0. The molecule has 0 unspecified atom stereocenters. The first-order valence-corrected chi connectivity index (χ1v) is 10.8. The molecule has 166 valence electrons. The van der Waals surface area contributed by atoms with Crippen LogP contribution in [0.4, 0.5) is 13.2 Å². The van der Waals surface area contributed by atoms with Crippen LogP contribution in [-0.2, 0) is 32.2 Å². The molecule has 0 N–H and O–H groups in total. The van der Waals surface area contributed by atoms with Gasteiger partial charge in [0.15, 0.2) is 0 Å². The molecule has 1 aromatic heterocycles. The second kappa shape index (κ2) is 10.3. The van der Waals surface area contributed by atoms with E-state index in [2.05, 4.69) is 4.74 Å². The maximum atomic E-state index is 13.0. The van der Waals surface area contributed by atoms with Gasteiger partial charge in [0.2, 0.25) is 0 Å². The Morgan fingerprint density at radius 1 is 1.03 bits per heavy atom. The minimum absolute atomic E-state index is 0.113. The standard InChI is InChI=1S/C19H16F3NO2S.C3H6O2/c1-2-14-8-9-16(19(20,21)22)12-18(14)15-10-11-23(13-15)26(24,25)17-6-4-3-5-7-17;1-2-5-3-4/h3-13H,2H2,1H3;3H,2H2,1H3. The van der Waals surface area contributed by atoms with E-state index in [0.717, 1.165) is 16.1 Å². The van der Waals surface area contributed by atoms with E-state index < -0.39 is 21.8 Å². The van der Waals surface area contributed by atoms with E-state index in [1.54, 1.807) is 25.1 Å². The number of aromatic nitrogens is 1. The van der Waals surface area contributed by atoms with Crippen LogP contribution in [0.2, 0.25) is 0 Å². The molecule has 9 heteroatoms. The molecule has 3 rings (SSSR count). The van der Waals surface area contributed by atoms with Crippen molar-refractivity contribution in [2.45, 2.75) is 31.3 Å². The minimum atomic E-state index is -4.46. The molecule has 0 spiro atoms. The third-order valence-electron chi connectivity index (χ3n) is 4.35. The second-order valence-electron chi connectivity index (χ2n) is 6.32. The number of hydrogen-bond donors (Lipinski definition) is 0. The smallest absolute Gasteiger partial charge is 0.416 e. The second-order valence-corrected chi connectivity index (χ2v) is 8.17. The molecule has 5 nitrogen and oxygen atoms in total. The van der Waals surface area contributed by atoms with Gasteiger partial charge in [0.1, 0.15) is 0 Å². The number of alkyl halides is 3. The molecule has 31 heavy (non-hydrogen) atoms. The van der Waals surface area contributed by atoms with E-state index in [-0.39, 0.29) is 4.90 Å². The summed E-state index contributed by atoms with van der Waals surface area (Å²) in [6.07, 6.45) is -1.24. The maximum Gasteiger partial charge on any atom is 0.416 e. The van der Waals surface area contributed by atoms with Crippen molar-refractivity contribution in [2.75, 3.05) is 6.61 Å². The third kappa shape index (κ3) is 5.97. The molecule has 0 aliphatic carbocycles. The molecule has 0 amide bonds. The molecular weight excluding hydrogens is 431 g/mol. The highest BCUT2D eigenvalue weighted by atomic mass is 32.2. The third-order valence-corrected chi connectivity index (χ3v) is 6.00. The molecule has 0 bridgehead atoms. The summed E-state index contributed by atoms with van der Waals surface area (Å²) in [6.45, 7) is 4.50. The Hall–Kier alpha value is -3.07. The van der Waals surface area contributed by atoms with Gasteiger partial charge in [0, 0.05) is 18.0 Å². The van der Waals surface area contributed by atoms with Crippen LogP contribution >= 0.6 is 0 Å². The molecule has 0 fully saturated rings. The van der Waals surface area contributed by atoms with Gasteiger partial charge in [-0.05, 0) is 54.8 Å². The summed E-state index contributed by atoms with van der Waals surface area (Å²) in [6, 6.07) is 12.9. The highest BCUT2D eigenvalue weighted by Gasteiger charge is 2.31. The quantitative estimate of drug-likeness (QED) is 0.484. The zero-order valence-corrected chi connectivity index (χ0v) is 17.8. The Kier molecular flexibility index (Phi) is 8.04. The molecule has 0 atom stereocenters. The van der Waals surface area contributed by atoms with E-state index in [0.29, 0.717) is 36.2 Å². The fourth-order valence-electron chi connectivity index (χ4n) is 2.80. The van der Waals surface area contributed by atoms with E-state index in [1.165, 1.54) is 36.7 Å². The summed E-state index contributed by atoms with van der Waals surface area (Å²) in [5.41, 5.74) is 0.757. The van der Waals surface area contributed by atoms with E-state index in [4.69, 9.17) is 0 Å². The van der Waals surface area contributed by atoms with Gasteiger partial charge >= 0.3 is 6.18 Å². The summed E-state index contributed by atoms with van der Waals surface area (Å²) >= 11 is 0. The molecule has 0 aliphatic rings. The van der Waals surface area contributed by atoms with Crippen molar-refractivity contribution in [1.82, 2.24) is 3.97 Å². The van der Waals surface area contributed by atoms with Crippen molar-refractivity contribution in [1.29, 1.82) is 0 Å². The number of benzene rings is 2. The van der Waals surface area contributed by atoms with Crippen molar-refractivity contribution in [2.24, 2.45) is 0 Å². The Labute approximate surface area is 179 Å². The van der Waals surface area contributed by atoms with E-state index in [9.17, 15) is 26.4 Å². The van der Waals surface area contributed by atoms with E-state index >= 15 is 0 Å². The van der Waals surface area contributed by atoms with E-state index in [1.807, 2.05) is 6.92 Å². The molecule has 2 aromatic carbocycles. The summed E-state index contributed by atoms with van der Waals surface area (Å²) in [7, 11) is -3.79. The summed E-state index contributed by atoms with van der Waals surface area (Å²) < 4.78 is 69.6. The fraction of sp³-hybridized carbons (Fsp3) is 0.227.